The van der Waals surface area contributed by atoms with Crippen LogP contribution in [-0.2, 0) is 16.0 Å². The van der Waals surface area contributed by atoms with Gasteiger partial charge in [0.2, 0.25) is 5.91 Å². The number of Topliss-reactive ketones (excluding diaryl/α,β-unsaturated/α-hetero) is 1. The second-order valence-corrected chi connectivity index (χ2v) is 7.84. The Bertz CT molecular complexity index is 685. The molecule has 1 fully saturated rings. The van der Waals surface area contributed by atoms with Gasteiger partial charge >= 0.3 is 0 Å². The summed E-state index contributed by atoms with van der Waals surface area (Å²) >= 11 is 5.86. The Morgan fingerprint density at radius 1 is 1.26 bits per heavy atom. The van der Waals surface area contributed by atoms with Crippen LogP contribution in [0.25, 0.3) is 0 Å². The fourth-order valence-electron chi connectivity index (χ4n) is 3.78. The second-order valence-electron chi connectivity index (χ2n) is 7.40. The molecule has 0 aromatic heterocycles. The number of hydrogen-bond acceptors (Lipinski definition) is 3. The number of hydrogen-bond donors (Lipinski definition) is 1. The Balaban J connectivity index is 1.65. The van der Waals surface area contributed by atoms with E-state index >= 15 is 0 Å². The fraction of sp³-hybridized carbons (Fsp3) is 0.444. The Kier molecular flexibility index (Phi) is 3.75. The van der Waals surface area contributed by atoms with Gasteiger partial charge in [-0.1, -0.05) is 37.6 Å². The Morgan fingerprint density at radius 2 is 1.87 bits per heavy atom. The van der Waals surface area contributed by atoms with E-state index in [0.29, 0.717) is 30.2 Å². The molecule has 0 bridgehead atoms. The average molecular weight is 333 g/mol. The molecule has 1 spiro atoms. The number of rotatable bonds is 2. The zero-order valence-corrected chi connectivity index (χ0v) is 14.2. The third kappa shape index (κ3) is 3.00. The molecule has 2 aliphatic rings. The maximum Gasteiger partial charge on any atom is 0.227 e. The Hall–Kier alpha value is -1.81. The van der Waals surface area contributed by atoms with Gasteiger partial charge in [-0.2, -0.15) is 0 Å². The minimum absolute atomic E-state index is 0.00839. The third-order valence-electron chi connectivity index (χ3n) is 4.77. The Morgan fingerprint density at radius 3 is 2.43 bits per heavy atom. The molecule has 1 aliphatic carbocycles. The lowest BCUT2D eigenvalue weighted by Crippen LogP contribution is -2.61. The van der Waals surface area contributed by atoms with E-state index in [1.807, 2.05) is 37.0 Å². The number of ketones is 1. The van der Waals surface area contributed by atoms with Crippen molar-refractivity contribution in [3.8, 4) is 0 Å². The molecule has 23 heavy (non-hydrogen) atoms. The first-order chi connectivity index (χ1) is 10.7. The fourth-order valence-corrected chi connectivity index (χ4v) is 3.91. The molecule has 2 N–H and O–H groups in total. The molecule has 1 aliphatic heterocycles. The first-order valence-corrected chi connectivity index (χ1v) is 8.14. The highest BCUT2D eigenvalue weighted by atomic mass is 35.5. The van der Waals surface area contributed by atoms with Crippen LogP contribution in [-0.4, -0.2) is 29.7 Å². The van der Waals surface area contributed by atoms with Gasteiger partial charge < -0.3 is 10.6 Å². The quantitative estimate of drug-likeness (QED) is 0.905. The zero-order chi connectivity index (χ0) is 16.8. The zero-order valence-electron chi connectivity index (χ0n) is 13.4. The normalized spacial score (nSPS) is 21.8. The molecule has 0 saturated carbocycles. The molecule has 0 unspecified atom stereocenters. The lowest BCUT2D eigenvalue weighted by molar-refractivity contribution is -0.143. The molecular weight excluding hydrogens is 312 g/mol. The van der Waals surface area contributed by atoms with Crippen LogP contribution >= 0.6 is 11.6 Å². The first kappa shape index (κ1) is 16.1. The average Bonchev–Trinajstić information content (AvgIpc) is 2.44. The summed E-state index contributed by atoms with van der Waals surface area (Å²) in [6.07, 6.45) is 2.98. The van der Waals surface area contributed by atoms with Crippen molar-refractivity contribution in [3.05, 3.63) is 46.6 Å². The highest BCUT2D eigenvalue weighted by Crippen LogP contribution is 2.47. The van der Waals surface area contributed by atoms with Gasteiger partial charge in [0.15, 0.2) is 5.78 Å². The molecule has 0 radical (unpaired) electrons. The van der Waals surface area contributed by atoms with Gasteiger partial charge in [-0.3, -0.25) is 9.59 Å². The number of nitrogens with two attached hydrogens (primary N) is 1. The molecule has 1 aromatic rings. The van der Waals surface area contributed by atoms with Crippen LogP contribution < -0.4 is 5.73 Å². The van der Waals surface area contributed by atoms with E-state index in [0.717, 1.165) is 12.0 Å². The minimum Gasteiger partial charge on any atom is -0.396 e. The summed E-state index contributed by atoms with van der Waals surface area (Å²) in [5, 5.41) is 0.666. The summed E-state index contributed by atoms with van der Waals surface area (Å²) in [5.74, 6) is 0.105. The predicted octanol–water partition coefficient (Wildman–Crippen LogP) is 2.55. The van der Waals surface area contributed by atoms with E-state index in [4.69, 9.17) is 17.3 Å². The van der Waals surface area contributed by atoms with Crippen molar-refractivity contribution in [2.75, 3.05) is 13.1 Å². The Labute approximate surface area is 141 Å². The van der Waals surface area contributed by atoms with Gasteiger partial charge in [-0.05, 0) is 30.2 Å². The van der Waals surface area contributed by atoms with Gasteiger partial charge in [0.25, 0.3) is 0 Å². The van der Waals surface area contributed by atoms with Crippen LogP contribution in [0.2, 0.25) is 5.02 Å². The topological polar surface area (TPSA) is 63.4 Å². The van der Waals surface area contributed by atoms with E-state index < -0.39 is 5.41 Å². The number of nitrogens with zero attached hydrogens (tertiary/aromatic N) is 1. The number of amides is 1. The molecule has 1 amide bonds. The van der Waals surface area contributed by atoms with Crippen LogP contribution in [0.5, 0.6) is 0 Å². The smallest absolute Gasteiger partial charge is 0.227 e. The maximum absolute atomic E-state index is 12.4. The number of likely N-dealkylation sites (tertiary alicyclic amines) is 1. The summed E-state index contributed by atoms with van der Waals surface area (Å²) in [7, 11) is 0. The number of benzene rings is 1. The summed E-state index contributed by atoms with van der Waals surface area (Å²) < 4.78 is 0. The maximum atomic E-state index is 12.4. The van der Waals surface area contributed by atoms with E-state index in [9.17, 15) is 9.59 Å². The van der Waals surface area contributed by atoms with Gasteiger partial charge in [0.1, 0.15) is 0 Å². The van der Waals surface area contributed by atoms with E-state index in [2.05, 4.69) is 0 Å². The monoisotopic (exact) mass is 332 g/mol. The lowest BCUT2D eigenvalue weighted by atomic mass is 9.62. The number of carbonyl (C=O) groups is 2. The van der Waals surface area contributed by atoms with Gasteiger partial charge in [-0.25, -0.2) is 0 Å². The van der Waals surface area contributed by atoms with Crippen LogP contribution in [0.15, 0.2) is 36.0 Å². The molecular formula is C18H21ClN2O2. The van der Waals surface area contributed by atoms with Crippen molar-refractivity contribution >= 4 is 23.3 Å². The van der Waals surface area contributed by atoms with Crippen LogP contribution in [0, 0.1) is 10.8 Å². The summed E-state index contributed by atoms with van der Waals surface area (Å²) in [4.78, 5) is 26.3. The first-order valence-electron chi connectivity index (χ1n) is 7.76. The van der Waals surface area contributed by atoms with Crippen LogP contribution in [0.1, 0.15) is 25.8 Å². The van der Waals surface area contributed by atoms with Crippen LogP contribution in [0.3, 0.4) is 0 Å². The molecule has 0 atom stereocenters. The molecule has 3 rings (SSSR count). The van der Waals surface area contributed by atoms with Crippen LogP contribution in [0.4, 0.5) is 0 Å². The molecule has 122 valence electrons. The van der Waals surface area contributed by atoms with Gasteiger partial charge in [-0.15, -0.1) is 0 Å². The predicted molar refractivity (Wildman–Crippen MR) is 89.8 cm³/mol. The summed E-state index contributed by atoms with van der Waals surface area (Å²) in [5.41, 5.74) is 6.59. The lowest BCUT2D eigenvalue weighted by Gasteiger charge is -2.53. The number of carbonyl (C=O) groups excluding carboxylic acids is 2. The van der Waals surface area contributed by atoms with E-state index in [1.165, 1.54) is 0 Å². The SMILES string of the molecule is CC1(C)CC2(C=C(N)C1=O)CN(C(=O)Cc1ccc(Cl)cc1)C2. The summed E-state index contributed by atoms with van der Waals surface area (Å²) in [6, 6.07) is 7.33. The summed E-state index contributed by atoms with van der Waals surface area (Å²) in [6.45, 7) is 5.12. The standard InChI is InChI=1S/C18H21ClN2O2/c1-17(2)9-18(8-14(20)16(17)23)10-21(11-18)15(22)7-12-3-5-13(19)6-4-12/h3-6,8H,7,9-11,20H2,1-2H3. The molecule has 1 heterocycles. The largest absolute Gasteiger partial charge is 0.396 e. The third-order valence-corrected chi connectivity index (χ3v) is 5.02. The van der Waals surface area contributed by atoms with E-state index in [-0.39, 0.29) is 17.1 Å². The van der Waals surface area contributed by atoms with Crippen molar-refractivity contribution in [2.24, 2.45) is 16.6 Å². The van der Waals surface area contributed by atoms with Crippen molar-refractivity contribution in [2.45, 2.75) is 26.7 Å². The molecule has 1 saturated heterocycles. The van der Waals surface area contributed by atoms with Crippen molar-refractivity contribution in [1.29, 1.82) is 0 Å². The van der Waals surface area contributed by atoms with Crippen molar-refractivity contribution in [3.63, 3.8) is 0 Å². The molecule has 4 nitrogen and oxygen atoms in total. The van der Waals surface area contributed by atoms with Crippen molar-refractivity contribution in [1.82, 2.24) is 4.90 Å². The second kappa shape index (κ2) is 5.38. The molecule has 5 heteroatoms. The molecule has 1 aromatic carbocycles. The number of allylic oxidation sites excluding steroid dienone is 1. The minimum atomic E-state index is -0.454. The van der Waals surface area contributed by atoms with Crippen molar-refractivity contribution < 1.29 is 9.59 Å². The van der Waals surface area contributed by atoms with Gasteiger partial charge in [0.05, 0.1) is 12.1 Å². The van der Waals surface area contributed by atoms with E-state index in [1.54, 1.807) is 12.1 Å². The highest BCUT2D eigenvalue weighted by molar-refractivity contribution is 6.30. The highest BCUT2D eigenvalue weighted by Gasteiger charge is 2.51. The number of halogens is 1. The van der Waals surface area contributed by atoms with Gasteiger partial charge in [0, 0.05) is 28.9 Å².